The summed E-state index contributed by atoms with van der Waals surface area (Å²) in [6.45, 7) is 3.16. The average Bonchev–Trinajstić information content (AvgIpc) is 2.99. The topological polar surface area (TPSA) is 56.1 Å². The van der Waals surface area contributed by atoms with Crippen molar-refractivity contribution < 1.29 is 9.53 Å². The highest BCUT2D eigenvalue weighted by atomic mass is 35.5. The van der Waals surface area contributed by atoms with Gasteiger partial charge < -0.3 is 14.6 Å². The number of thioether (sulfide) groups is 1. The number of benzene rings is 2. The van der Waals surface area contributed by atoms with E-state index in [2.05, 4.69) is 14.9 Å². The van der Waals surface area contributed by atoms with E-state index in [4.69, 9.17) is 16.3 Å². The first-order valence-electron chi connectivity index (χ1n) is 8.22. The number of imidazole rings is 1. The fraction of sp³-hybridized carbons (Fsp3) is 0.263. The predicted octanol–water partition coefficient (Wildman–Crippen LogP) is 4.38. The third-order valence-electron chi connectivity index (χ3n) is 4.01. The van der Waals surface area contributed by atoms with Crippen molar-refractivity contribution in [3.8, 4) is 0 Å². The monoisotopic (exact) mass is 389 g/mol. The Labute approximate surface area is 161 Å². The van der Waals surface area contributed by atoms with Gasteiger partial charge in [-0.2, -0.15) is 0 Å². The lowest BCUT2D eigenvalue weighted by Crippen LogP contribution is -2.15. The maximum Gasteiger partial charge on any atom is 0.234 e. The van der Waals surface area contributed by atoms with Crippen LogP contribution in [0.4, 0.5) is 5.69 Å². The molecule has 136 valence electrons. The maximum atomic E-state index is 12.4. The zero-order chi connectivity index (χ0) is 18.5. The number of halogens is 1. The van der Waals surface area contributed by atoms with Gasteiger partial charge in [-0.15, -0.1) is 0 Å². The Morgan fingerprint density at radius 2 is 2.08 bits per heavy atom. The van der Waals surface area contributed by atoms with Crippen LogP contribution in [-0.4, -0.2) is 34.9 Å². The number of rotatable bonds is 7. The number of hydrogen-bond donors (Lipinski definition) is 1. The number of ether oxygens (including phenoxy) is 1. The summed E-state index contributed by atoms with van der Waals surface area (Å²) in [6.07, 6.45) is 0. The number of para-hydroxylation sites is 2. The molecule has 1 N–H and O–H groups in total. The molecule has 0 bridgehead atoms. The average molecular weight is 390 g/mol. The minimum absolute atomic E-state index is 0.0919. The predicted molar refractivity (Wildman–Crippen MR) is 107 cm³/mol. The summed E-state index contributed by atoms with van der Waals surface area (Å²) in [6, 6.07) is 13.4. The molecule has 0 spiro atoms. The normalized spacial score (nSPS) is 11.0. The number of hydrogen-bond acceptors (Lipinski definition) is 4. The van der Waals surface area contributed by atoms with E-state index in [0.29, 0.717) is 18.2 Å². The number of carbonyl (C=O) groups is 1. The van der Waals surface area contributed by atoms with E-state index in [-0.39, 0.29) is 11.7 Å². The van der Waals surface area contributed by atoms with Gasteiger partial charge in [-0.25, -0.2) is 4.98 Å². The summed E-state index contributed by atoms with van der Waals surface area (Å²) < 4.78 is 7.28. The number of nitrogens with zero attached hydrogens (tertiary/aromatic N) is 2. The zero-order valence-electron chi connectivity index (χ0n) is 14.7. The van der Waals surface area contributed by atoms with Crippen molar-refractivity contribution >= 4 is 46.0 Å². The number of aromatic nitrogens is 2. The standard InChI is InChI=1S/C19H20ClN3O2S/c1-13-14(20)6-5-8-15(13)21-18(24)12-26-19-22-16-7-3-4-9-17(16)23(19)10-11-25-2/h3-9H,10-12H2,1-2H3,(H,21,24). The summed E-state index contributed by atoms with van der Waals surface area (Å²) in [5.74, 6) is 0.174. The molecule has 0 aliphatic rings. The maximum absolute atomic E-state index is 12.4. The molecule has 2 aromatic carbocycles. The van der Waals surface area contributed by atoms with Crippen LogP contribution in [0.5, 0.6) is 0 Å². The van der Waals surface area contributed by atoms with E-state index < -0.39 is 0 Å². The fourth-order valence-electron chi connectivity index (χ4n) is 2.62. The Morgan fingerprint density at radius 1 is 1.27 bits per heavy atom. The zero-order valence-corrected chi connectivity index (χ0v) is 16.2. The van der Waals surface area contributed by atoms with Gasteiger partial charge in [0.05, 0.1) is 23.4 Å². The Kier molecular flexibility index (Phi) is 6.19. The smallest absolute Gasteiger partial charge is 0.234 e. The highest BCUT2D eigenvalue weighted by molar-refractivity contribution is 7.99. The molecule has 0 aliphatic heterocycles. The molecule has 3 rings (SSSR count). The van der Waals surface area contributed by atoms with Crippen LogP contribution in [0.15, 0.2) is 47.6 Å². The molecular formula is C19H20ClN3O2S. The number of methoxy groups -OCH3 is 1. The first-order valence-corrected chi connectivity index (χ1v) is 9.58. The van der Waals surface area contributed by atoms with Crippen LogP contribution in [0.25, 0.3) is 11.0 Å². The van der Waals surface area contributed by atoms with Crippen LogP contribution in [-0.2, 0) is 16.1 Å². The van der Waals surface area contributed by atoms with Crippen LogP contribution in [0.3, 0.4) is 0 Å². The third kappa shape index (κ3) is 4.20. The van der Waals surface area contributed by atoms with Gasteiger partial charge in [0.15, 0.2) is 5.16 Å². The number of fused-ring (bicyclic) bond motifs is 1. The van der Waals surface area contributed by atoms with E-state index in [1.807, 2.05) is 43.3 Å². The van der Waals surface area contributed by atoms with E-state index in [0.717, 1.165) is 27.4 Å². The molecule has 1 aromatic heterocycles. The third-order valence-corrected chi connectivity index (χ3v) is 5.40. The lowest BCUT2D eigenvalue weighted by atomic mass is 10.2. The van der Waals surface area contributed by atoms with E-state index >= 15 is 0 Å². The summed E-state index contributed by atoms with van der Waals surface area (Å²) in [4.78, 5) is 17.0. The number of carbonyl (C=O) groups excluding carboxylic acids is 1. The molecular weight excluding hydrogens is 370 g/mol. The quantitative estimate of drug-likeness (QED) is 0.609. The molecule has 0 fully saturated rings. The van der Waals surface area contributed by atoms with Crippen molar-refractivity contribution in [2.75, 3.05) is 24.8 Å². The van der Waals surface area contributed by atoms with E-state index in [1.54, 1.807) is 13.2 Å². The molecule has 0 radical (unpaired) electrons. The first kappa shape index (κ1) is 18.8. The van der Waals surface area contributed by atoms with Crippen LogP contribution < -0.4 is 5.32 Å². The Bertz CT molecular complexity index is 926. The summed E-state index contributed by atoms with van der Waals surface area (Å²) in [5, 5.41) is 4.35. The van der Waals surface area contributed by atoms with Gasteiger partial charge in [-0.1, -0.05) is 41.6 Å². The van der Waals surface area contributed by atoms with Crippen LogP contribution in [0.1, 0.15) is 5.56 Å². The molecule has 1 heterocycles. The number of nitrogens with one attached hydrogen (secondary N) is 1. The van der Waals surface area contributed by atoms with Gasteiger partial charge in [0.2, 0.25) is 5.91 Å². The van der Waals surface area contributed by atoms with Gasteiger partial charge in [-0.3, -0.25) is 4.79 Å². The van der Waals surface area contributed by atoms with E-state index in [9.17, 15) is 4.79 Å². The number of amides is 1. The largest absolute Gasteiger partial charge is 0.383 e. The minimum atomic E-state index is -0.0919. The lowest BCUT2D eigenvalue weighted by Gasteiger charge is -2.10. The number of anilines is 1. The van der Waals surface area contributed by atoms with Gasteiger partial charge in [0.1, 0.15) is 0 Å². The van der Waals surface area contributed by atoms with Crippen molar-refractivity contribution in [2.24, 2.45) is 0 Å². The van der Waals surface area contributed by atoms with Crippen molar-refractivity contribution in [3.05, 3.63) is 53.1 Å². The van der Waals surface area contributed by atoms with Gasteiger partial charge >= 0.3 is 0 Å². The summed E-state index contributed by atoms with van der Waals surface area (Å²) in [5.41, 5.74) is 3.55. The molecule has 5 nitrogen and oxygen atoms in total. The SMILES string of the molecule is COCCn1c(SCC(=O)Nc2cccc(Cl)c2C)nc2ccccc21. The van der Waals surface area contributed by atoms with Crippen LogP contribution in [0.2, 0.25) is 5.02 Å². The first-order chi connectivity index (χ1) is 12.6. The van der Waals surface area contributed by atoms with Crippen molar-refractivity contribution in [3.63, 3.8) is 0 Å². The molecule has 3 aromatic rings. The van der Waals surface area contributed by atoms with Crippen molar-refractivity contribution in [2.45, 2.75) is 18.6 Å². The molecule has 7 heteroatoms. The summed E-state index contributed by atoms with van der Waals surface area (Å²) in [7, 11) is 1.67. The second-order valence-corrected chi connectivity index (χ2v) is 7.13. The molecule has 0 aliphatic carbocycles. The Morgan fingerprint density at radius 3 is 2.88 bits per heavy atom. The highest BCUT2D eigenvalue weighted by Crippen LogP contribution is 2.26. The van der Waals surface area contributed by atoms with Gasteiger partial charge in [0.25, 0.3) is 0 Å². The van der Waals surface area contributed by atoms with Crippen molar-refractivity contribution in [1.82, 2.24) is 9.55 Å². The fourth-order valence-corrected chi connectivity index (χ4v) is 3.64. The Hall–Kier alpha value is -2.02. The van der Waals surface area contributed by atoms with Crippen LogP contribution >= 0.6 is 23.4 Å². The second-order valence-electron chi connectivity index (χ2n) is 5.78. The molecule has 26 heavy (non-hydrogen) atoms. The molecule has 1 amide bonds. The molecule has 0 atom stereocenters. The lowest BCUT2D eigenvalue weighted by molar-refractivity contribution is -0.113. The van der Waals surface area contributed by atoms with Crippen molar-refractivity contribution in [1.29, 1.82) is 0 Å². The Balaban J connectivity index is 1.72. The second kappa shape index (κ2) is 8.58. The van der Waals surface area contributed by atoms with Crippen LogP contribution in [0, 0.1) is 6.92 Å². The molecule has 0 unspecified atom stereocenters. The highest BCUT2D eigenvalue weighted by Gasteiger charge is 2.13. The summed E-state index contributed by atoms with van der Waals surface area (Å²) >= 11 is 7.51. The van der Waals surface area contributed by atoms with E-state index in [1.165, 1.54) is 11.8 Å². The van der Waals surface area contributed by atoms with Gasteiger partial charge in [-0.05, 0) is 36.8 Å². The molecule has 0 saturated heterocycles. The molecule has 0 saturated carbocycles. The van der Waals surface area contributed by atoms with Gasteiger partial charge in [0, 0.05) is 24.4 Å². The minimum Gasteiger partial charge on any atom is -0.383 e.